The van der Waals surface area contributed by atoms with E-state index in [4.69, 9.17) is 5.11 Å². The summed E-state index contributed by atoms with van der Waals surface area (Å²) >= 11 is 0. The highest BCUT2D eigenvalue weighted by Crippen LogP contribution is 2.12. The zero-order valence-corrected chi connectivity index (χ0v) is 7.40. The van der Waals surface area contributed by atoms with E-state index in [1.165, 1.54) is 6.07 Å². The Kier molecular flexibility index (Phi) is 1.92. The smallest absolute Gasteiger partial charge is 0.356 e. The zero-order valence-electron chi connectivity index (χ0n) is 7.40. The average Bonchev–Trinajstić information content (AvgIpc) is 2.30. The number of carboxylic acid groups (broad SMARTS) is 1. The highest BCUT2D eigenvalue weighted by atomic mass is 16.4. The Morgan fingerprint density at radius 2 is 2.17 bits per heavy atom. The first-order valence-electron chi connectivity index (χ1n) is 3.71. The Hall–Kier alpha value is -1.32. The number of hydrogen-bond donors (Lipinski definition) is 1. The monoisotopic (exact) mass is 168 g/mol. The Labute approximate surface area is 70.8 Å². The van der Waals surface area contributed by atoms with Gasteiger partial charge in [-0.05, 0) is 26.8 Å². The van der Waals surface area contributed by atoms with Crippen molar-refractivity contribution in [2.75, 3.05) is 0 Å². The van der Waals surface area contributed by atoms with Crippen LogP contribution in [0.4, 0.5) is 0 Å². The second-order valence-corrected chi connectivity index (χ2v) is 3.62. The Morgan fingerprint density at radius 3 is 2.42 bits per heavy atom. The van der Waals surface area contributed by atoms with Crippen molar-refractivity contribution in [1.29, 1.82) is 0 Å². The third-order valence-corrected chi connectivity index (χ3v) is 1.50. The normalized spacial score (nSPS) is 11.6. The largest absolute Gasteiger partial charge is 0.476 e. The minimum atomic E-state index is -0.988. The lowest BCUT2D eigenvalue weighted by Gasteiger charge is -2.18. The number of rotatable bonds is 1. The minimum absolute atomic E-state index is 0.0879. The molecule has 0 bridgehead atoms. The SMILES string of the molecule is CC(C)(C)n1ccc(C(=O)O)n1. The van der Waals surface area contributed by atoms with Gasteiger partial charge in [-0.25, -0.2) is 4.79 Å². The van der Waals surface area contributed by atoms with Crippen molar-refractivity contribution in [2.24, 2.45) is 0 Å². The number of carbonyl (C=O) groups is 1. The number of hydrogen-bond acceptors (Lipinski definition) is 2. The summed E-state index contributed by atoms with van der Waals surface area (Å²) in [6, 6.07) is 1.49. The molecule has 12 heavy (non-hydrogen) atoms. The van der Waals surface area contributed by atoms with E-state index < -0.39 is 5.97 Å². The third-order valence-electron chi connectivity index (χ3n) is 1.50. The van der Waals surface area contributed by atoms with Crippen LogP contribution in [0.1, 0.15) is 31.3 Å². The molecule has 0 aromatic carbocycles. The summed E-state index contributed by atoms with van der Waals surface area (Å²) in [7, 11) is 0. The van der Waals surface area contributed by atoms with Crippen molar-refractivity contribution in [3.63, 3.8) is 0 Å². The van der Waals surface area contributed by atoms with Gasteiger partial charge in [0.05, 0.1) is 5.54 Å². The minimum Gasteiger partial charge on any atom is -0.476 e. The van der Waals surface area contributed by atoms with Crippen LogP contribution in [0.2, 0.25) is 0 Å². The van der Waals surface area contributed by atoms with Gasteiger partial charge in [0.15, 0.2) is 5.69 Å². The van der Waals surface area contributed by atoms with Gasteiger partial charge < -0.3 is 5.11 Å². The summed E-state index contributed by atoms with van der Waals surface area (Å²) in [5, 5.41) is 12.5. The van der Waals surface area contributed by atoms with Crippen LogP contribution in [-0.4, -0.2) is 20.9 Å². The van der Waals surface area contributed by atoms with E-state index >= 15 is 0 Å². The van der Waals surface area contributed by atoms with Crippen molar-refractivity contribution >= 4 is 5.97 Å². The molecule has 4 nitrogen and oxygen atoms in total. The van der Waals surface area contributed by atoms with Crippen LogP contribution in [0.25, 0.3) is 0 Å². The third kappa shape index (κ3) is 1.64. The summed E-state index contributed by atoms with van der Waals surface area (Å²) in [6.45, 7) is 5.89. The molecule has 0 spiro atoms. The molecule has 1 aromatic rings. The fraction of sp³-hybridized carbons (Fsp3) is 0.500. The first kappa shape index (κ1) is 8.77. The topological polar surface area (TPSA) is 55.1 Å². The average molecular weight is 168 g/mol. The lowest BCUT2D eigenvalue weighted by atomic mass is 10.1. The molecule has 0 fully saturated rings. The number of carboxylic acids is 1. The van der Waals surface area contributed by atoms with Crippen LogP contribution in [0.3, 0.4) is 0 Å². The Balaban J connectivity index is 3.00. The molecular formula is C8H12N2O2. The van der Waals surface area contributed by atoms with Gasteiger partial charge >= 0.3 is 5.97 Å². The van der Waals surface area contributed by atoms with E-state index in [1.54, 1.807) is 10.9 Å². The molecule has 0 aliphatic rings. The van der Waals surface area contributed by atoms with Crippen LogP contribution in [-0.2, 0) is 5.54 Å². The maximum Gasteiger partial charge on any atom is 0.356 e. The van der Waals surface area contributed by atoms with Gasteiger partial charge in [0.25, 0.3) is 0 Å². The molecule has 1 rings (SSSR count). The number of nitrogens with zero attached hydrogens (tertiary/aromatic N) is 2. The van der Waals surface area contributed by atoms with Gasteiger partial charge in [-0.1, -0.05) is 0 Å². The van der Waals surface area contributed by atoms with Crippen molar-refractivity contribution in [3.8, 4) is 0 Å². The fourth-order valence-corrected chi connectivity index (χ4v) is 0.812. The molecule has 0 unspecified atom stereocenters. The Bertz CT molecular complexity index is 296. The van der Waals surface area contributed by atoms with Gasteiger partial charge in [-0.15, -0.1) is 0 Å². The van der Waals surface area contributed by atoms with Gasteiger partial charge in [-0.2, -0.15) is 5.10 Å². The molecule has 0 amide bonds. The fourth-order valence-electron chi connectivity index (χ4n) is 0.812. The molecule has 0 aliphatic carbocycles. The molecule has 1 heterocycles. The molecule has 0 saturated carbocycles. The van der Waals surface area contributed by atoms with E-state index in [2.05, 4.69) is 5.10 Å². The maximum absolute atomic E-state index is 10.5. The van der Waals surface area contributed by atoms with Gasteiger partial charge in [0.2, 0.25) is 0 Å². The van der Waals surface area contributed by atoms with Crippen molar-refractivity contribution < 1.29 is 9.90 Å². The summed E-state index contributed by atoms with van der Waals surface area (Å²) in [4.78, 5) is 10.5. The molecule has 0 atom stereocenters. The van der Waals surface area contributed by atoms with Gasteiger partial charge in [0.1, 0.15) is 0 Å². The molecule has 0 saturated heterocycles. The van der Waals surface area contributed by atoms with Gasteiger partial charge in [0, 0.05) is 6.20 Å². The second kappa shape index (κ2) is 2.62. The van der Waals surface area contributed by atoms with Crippen molar-refractivity contribution in [1.82, 2.24) is 9.78 Å². The van der Waals surface area contributed by atoms with E-state index in [-0.39, 0.29) is 11.2 Å². The summed E-state index contributed by atoms with van der Waals surface area (Å²) in [5.41, 5.74) is -0.0711. The standard InChI is InChI=1S/C8H12N2O2/c1-8(2,3)10-5-4-6(9-10)7(11)12/h4-5H,1-3H3,(H,11,12). The molecule has 0 aliphatic heterocycles. The second-order valence-electron chi connectivity index (χ2n) is 3.62. The zero-order chi connectivity index (χ0) is 9.35. The Morgan fingerprint density at radius 1 is 1.58 bits per heavy atom. The van der Waals surface area contributed by atoms with Crippen LogP contribution in [0, 0.1) is 0 Å². The highest BCUT2D eigenvalue weighted by molar-refractivity contribution is 5.85. The summed E-state index contributed by atoms with van der Waals surface area (Å²) < 4.78 is 1.64. The van der Waals surface area contributed by atoms with Gasteiger partial charge in [-0.3, -0.25) is 4.68 Å². The molecule has 0 radical (unpaired) electrons. The van der Waals surface area contributed by atoms with Crippen LogP contribution in [0.5, 0.6) is 0 Å². The number of aromatic nitrogens is 2. The van der Waals surface area contributed by atoms with Crippen LogP contribution < -0.4 is 0 Å². The van der Waals surface area contributed by atoms with Crippen molar-refractivity contribution in [2.45, 2.75) is 26.3 Å². The van der Waals surface area contributed by atoms with E-state index in [1.807, 2.05) is 20.8 Å². The predicted octanol–water partition coefficient (Wildman–Crippen LogP) is 1.34. The summed E-state index contributed by atoms with van der Waals surface area (Å²) in [6.07, 6.45) is 1.67. The first-order chi connectivity index (χ1) is 5.41. The lowest BCUT2D eigenvalue weighted by Crippen LogP contribution is -2.22. The summed E-state index contributed by atoms with van der Waals surface area (Å²) in [5.74, 6) is -0.988. The van der Waals surface area contributed by atoms with Crippen LogP contribution in [0.15, 0.2) is 12.3 Å². The van der Waals surface area contributed by atoms with Crippen molar-refractivity contribution in [3.05, 3.63) is 18.0 Å². The molecule has 4 heteroatoms. The van der Waals surface area contributed by atoms with E-state index in [0.29, 0.717) is 0 Å². The predicted molar refractivity (Wildman–Crippen MR) is 44.2 cm³/mol. The first-order valence-corrected chi connectivity index (χ1v) is 3.71. The van der Waals surface area contributed by atoms with E-state index in [9.17, 15) is 4.79 Å². The lowest BCUT2D eigenvalue weighted by molar-refractivity contribution is 0.0688. The van der Waals surface area contributed by atoms with Crippen LogP contribution >= 0.6 is 0 Å². The molecule has 66 valence electrons. The highest BCUT2D eigenvalue weighted by Gasteiger charge is 2.15. The number of aromatic carboxylic acids is 1. The van der Waals surface area contributed by atoms with E-state index in [0.717, 1.165) is 0 Å². The maximum atomic E-state index is 10.5. The molecule has 1 aromatic heterocycles. The molecular weight excluding hydrogens is 156 g/mol. The quantitative estimate of drug-likeness (QED) is 0.688. The molecule has 1 N–H and O–H groups in total.